The van der Waals surface area contributed by atoms with E-state index in [9.17, 15) is 28.1 Å². The number of non-ortho nitro benzene ring substituents is 1. The Hall–Kier alpha value is -3.46. The summed E-state index contributed by atoms with van der Waals surface area (Å²) in [6, 6.07) is 6.05. The summed E-state index contributed by atoms with van der Waals surface area (Å²) in [4.78, 5) is 35.3. The highest BCUT2D eigenvalue weighted by atomic mass is 32.2. The standard InChI is InChI=1S/C18H19BN4O8S/c1-22-12-17(24)30-19(31-18(25)13-22)16(6-4-2-3-5-11-20)21-32(28,29)15-9-7-14(8-10-15)23(26)27/h7-10,16,21H,2-3,5,12-13H2,1H3. The molecule has 0 amide bonds. The van der Waals surface area contributed by atoms with Crippen LogP contribution in [0.15, 0.2) is 29.2 Å². The molecule has 1 aromatic rings. The molecule has 1 atom stereocenters. The van der Waals surface area contributed by atoms with Crippen LogP contribution in [0.3, 0.4) is 0 Å². The second-order valence-corrected chi connectivity index (χ2v) is 8.42. The second-order valence-electron chi connectivity index (χ2n) is 6.70. The highest BCUT2D eigenvalue weighted by Crippen LogP contribution is 2.17. The molecule has 0 spiro atoms. The molecule has 12 nitrogen and oxygen atoms in total. The fraction of sp³-hybridized carbons (Fsp3) is 0.389. The molecule has 0 aliphatic carbocycles. The van der Waals surface area contributed by atoms with Crippen molar-refractivity contribution in [2.75, 3.05) is 20.1 Å². The lowest BCUT2D eigenvalue weighted by molar-refractivity contribution is -0.384. The van der Waals surface area contributed by atoms with Gasteiger partial charge in [-0.15, -0.1) is 5.92 Å². The van der Waals surface area contributed by atoms with Crippen LogP contribution >= 0.6 is 0 Å². The molecule has 0 saturated carbocycles. The van der Waals surface area contributed by atoms with Gasteiger partial charge >= 0.3 is 19.1 Å². The van der Waals surface area contributed by atoms with Crippen LogP contribution in [0.4, 0.5) is 5.69 Å². The van der Waals surface area contributed by atoms with Gasteiger partial charge in [0.1, 0.15) is 5.94 Å². The zero-order chi connectivity index (χ0) is 23.7. The quantitative estimate of drug-likeness (QED) is 0.191. The number of sulfonamides is 1. The minimum Gasteiger partial charge on any atom is -0.497 e. The number of hydrogen-bond acceptors (Lipinski definition) is 10. The van der Waals surface area contributed by atoms with Crippen molar-refractivity contribution < 1.29 is 32.2 Å². The predicted molar refractivity (Wildman–Crippen MR) is 110 cm³/mol. The van der Waals surface area contributed by atoms with Gasteiger partial charge < -0.3 is 9.31 Å². The SMILES string of the molecule is CN1CC(=O)OB(C(C#CCCCC#N)NS(=O)(=O)c2ccc([N+](=O)[O-])cc2)OC(=O)C1. The van der Waals surface area contributed by atoms with Crippen molar-refractivity contribution >= 4 is 34.8 Å². The maximum Gasteiger partial charge on any atom is 0.631 e. The normalized spacial score (nSPS) is 15.8. The molecule has 0 bridgehead atoms. The number of carbonyl (C=O) groups is 2. The highest BCUT2D eigenvalue weighted by Gasteiger charge is 2.41. The van der Waals surface area contributed by atoms with Crippen LogP contribution in [0.1, 0.15) is 19.3 Å². The molecule has 1 aliphatic heterocycles. The van der Waals surface area contributed by atoms with Gasteiger partial charge in [-0.25, -0.2) is 8.42 Å². The van der Waals surface area contributed by atoms with E-state index in [1.54, 1.807) is 0 Å². The number of nitro benzene ring substituents is 1. The first-order valence-corrected chi connectivity index (χ1v) is 10.8. The number of likely N-dealkylation sites (N-methyl/N-ethyl adjacent to an activating group) is 1. The third kappa shape index (κ3) is 7.35. The molecule has 1 fully saturated rings. The lowest BCUT2D eigenvalue weighted by Gasteiger charge is -2.25. The molecule has 1 unspecified atom stereocenters. The van der Waals surface area contributed by atoms with E-state index in [-0.39, 0.29) is 36.5 Å². The number of benzene rings is 1. The number of nitrogens with zero attached hydrogens (tertiary/aromatic N) is 3. The Kier molecular flexibility index (Phi) is 8.72. The van der Waals surface area contributed by atoms with E-state index in [4.69, 9.17) is 14.6 Å². The molecule has 32 heavy (non-hydrogen) atoms. The highest BCUT2D eigenvalue weighted by molar-refractivity contribution is 7.89. The number of nitriles is 1. The molecule has 0 radical (unpaired) electrons. The number of hydrogen-bond donors (Lipinski definition) is 1. The van der Waals surface area contributed by atoms with Crippen LogP contribution < -0.4 is 4.72 Å². The lowest BCUT2D eigenvalue weighted by Crippen LogP contribution is -2.53. The minimum absolute atomic E-state index is 0.219. The van der Waals surface area contributed by atoms with Crippen LogP contribution in [-0.4, -0.2) is 63.4 Å². The first-order chi connectivity index (χ1) is 15.1. The van der Waals surface area contributed by atoms with Crippen LogP contribution in [0.5, 0.6) is 0 Å². The van der Waals surface area contributed by atoms with Gasteiger partial charge in [0.05, 0.1) is 29.0 Å². The molecular formula is C18H19BN4O8S. The summed E-state index contributed by atoms with van der Waals surface area (Å²) >= 11 is 0. The maximum absolute atomic E-state index is 12.8. The second kappa shape index (κ2) is 11.2. The molecule has 1 saturated heterocycles. The molecule has 2 rings (SSSR count). The zero-order valence-corrected chi connectivity index (χ0v) is 17.8. The van der Waals surface area contributed by atoms with E-state index in [0.717, 1.165) is 24.3 Å². The lowest BCUT2D eigenvalue weighted by atomic mass is 9.78. The van der Waals surface area contributed by atoms with E-state index >= 15 is 0 Å². The molecule has 1 N–H and O–H groups in total. The van der Waals surface area contributed by atoms with Gasteiger partial charge in [-0.2, -0.15) is 9.98 Å². The fourth-order valence-corrected chi connectivity index (χ4v) is 3.70. The largest absolute Gasteiger partial charge is 0.631 e. The average molecular weight is 462 g/mol. The molecule has 168 valence electrons. The van der Waals surface area contributed by atoms with E-state index in [0.29, 0.717) is 6.42 Å². The van der Waals surface area contributed by atoms with Crippen molar-refractivity contribution in [1.82, 2.24) is 9.62 Å². The maximum atomic E-state index is 12.8. The Morgan fingerprint density at radius 2 is 1.81 bits per heavy atom. The van der Waals surface area contributed by atoms with Gasteiger partial charge in [0.2, 0.25) is 10.0 Å². The third-order valence-electron chi connectivity index (χ3n) is 4.05. The number of unbranched alkanes of at least 4 members (excludes halogenated alkanes) is 2. The van der Waals surface area contributed by atoms with Crippen LogP contribution in [0, 0.1) is 33.3 Å². The van der Waals surface area contributed by atoms with Crippen molar-refractivity contribution in [3.63, 3.8) is 0 Å². The summed E-state index contributed by atoms with van der Waals surface area (Å²) in [5.74, 6) is 2.30. The van der Waals surface area contributed by atoms with E-state index in [2.05, 4.69) is 16.6 Å². The van der Waals surface area contributed by atoms with Gasteiger partial charge in [-0.05, 0) is 25.6 Å². The summed E-state index contributed by atoms with van der Waals surface area (Å²) in [6.07, 6.45) is 0.925. The Morgan fingerprint density at radius 3 is 2.34 bits per heavy atom. The van der Waals surface area contributed by atoms with Gasteiger partial charge in [-0.1, -0.05) is 5.92 Å². The summed E-state index contributed by atoms with van der Waals surface area (Å²) in [6.45, 7) is -0.438. The topological polar surface area (TPSA) is 169 Å². The van der Waals surface area contributed by atoms with Crippen LogP contribution in [0.25, 0.3) is 0 Å². The van der Waals surface area contributed by atoms with Gasteiger partial charge in [0.25, 0.3) is 5.69 Å². The Morgan fingerprint density at radius 1 is 1.22 bits per heavy atom. The van der Waals surface area contributed by atoms with Crippen molar-refractivity contribution in [2.45, 2.75) is 30.1 Å². The molecular weight excluding hydrogens is 443 g/mol. The number of nitrogens with one attached hydrogen (secondary N) is 1. The Bertz CT molecular complexity index is 1050. The van der Waals surface area contributed by atoms with Gasteiger partial charge in [0, 0.05) is 25.0 Å². The summed E-state index contributed by atoms with van der Waals surface area (Å²) in [5.41, 5.74) is -0.301. The predicted octanol–water partition coefficient (Wildman–Crippen LogP) is -0.00182. The molecule has 14 heteroatoms. The minimum atomic E-state index is -4.29. The van der Waals surface area contributed by atoms with E-state index < -0.39 is 39.9 Å². The van der Waals surface area contributed by atoms with Crippen LogP contribution in [-0.2, 0) is 28.9 Å². The number of nitro groups is 1. The van der Waals surface area contributed by atoms with Gasteiger partial charge in [-0.3, -0.25) is 24.6 Å². The summed E-state index contributed by atoms with van der Waals surface area (Å²) in [5, 5.41) is 19.4. The molecule has 1 aromatic carbocycles. The Labute approximate surface area is 184 Å². The zero-order valence-electron chi connectivity index (χ0n) is 17.0. The monoisotopic (exact) mass is 462 g/mol. The average Bonchev–Trinajstić information content (AvgIpc) is 2.71. The number of rotatable bonds is 7. The van der Waals surface area contributed by atoms with Gasteiger partial charge in [0.15, 0.2) is 0 Å². The van der Waals surface area contributed by atoms with Crippen molar-refractivity contribution in [3.8, 4) is 17.9 Å². The first-order valence-electron chi connectivity index (χ1n) is 9.32. The molecule has 1 aliphatic rings. The smallest absolute Gasteiger partial charge is 0.497 e. The van der Waals surface area contributed by atoms with Crippen molar-refractivity contribution in [3.05, 3.63) is 34.4 Å². The van der Waals surface area contributed by atoms with E-state index in [1.165, 1.54) is 11.9 Å². The summed E-state index contributed by atoms with van der Waals surface area (Å²) in [7, 11) is -4.43. The van der Waals surface area contributed by atoms with Crippen LogP contribution in [0.2, 0.25) is 0 Å². The van der Waals surface area contributed by atoms with Crippen molar-refractivity contribution in [1.29, 1.82) is 5.26 Å². The fourth-order valence-electron chi connectivity index (χ4n) is 2.56. The molecule has 1 heterocycles. The molecule has 0 aromatic heterocycles. The summed E-state index contributed by atoms with van der Waals surface area (Å²) < 4.78 is 38.0. The van der Waals surface area contributed by atoms with Crippen molar-refractivity contribution in [2.24, 2.45) is 0 Å². The van der Waals surface area contributed by atoms with E-state index in [1.807, 2.05) is 6.07 Å². The first kappa shape index (κ1) is 24.8. The third-order valence-corrected chi connectivity index (χ3v) is 5.51. The number of carbonyl (C=O) groups excluding carboxylic acids is 2. The Balaban J connectivity index is 2.30.